The van der Waals surface area contributed by atoms with E-state index < -0.39 is 0 Å². The number of anilines is 2. The Morgan fingerprint density at radius 3 is 2.62 bits per heavy atom. The second-order valence-corrected chi connectivity index (χ2v) is 7.72. The van der Waals surface area contributed by atoms with E-state index in [0.29, 0.717) is 0 Å². The first-order chi connectivity index (χ1) is 14.0. The first-order valence-corrected chi connectivity index (χ1v) is 10.0. The average Bonchev–Trinajstić information content (AvgIpc) is 3.24. The van der Waals surface area contributed by atoms with Crippen LogP contribution >= 0.6 is 0 Å². The molecule has 0 bridgehead atoms. The predicted molar refractivity (Wildman–Crippen MR) is 114 cm³/mol. The number of nitrogens with zero attached hydrogens (tertiary/aromatic N) is 7. The highest BCUT2D eigenvalue weighted by molar-refractivity contribution is 5.62. The molecule has 0 aliphatic carbocycles. The van der Waals surface area contributed by atoms with Crippen molar-refractivity contribution in [3.8, 4) is 11.3 Å². The summed E-state index contributed by atoms with van der Waals surface area (Å²) in [5.74, 6) is 0. The van der Waals surface area contributed by atoms with Crippen LogP contribution in [0.3, 0.4) is 0 Å². The topological polar surface area (TPSA) is 72.1 Å². The first kappa shape index (κ1) is 19.2. The molecule has 1 aliphatic rings. The molecule has 1 unspecified atom stereocenters. The SMILES string of the molecule is CC(n1cc(-c2cncc(N(C)C)c2)nn1)n1ccc(N2CCCCC2)cc1=O. The Labute approximate surface area is 170 Å². The maximum atomic E-state index is 12.8. The van der Waals surface area contributed by atoms with Crippen molar-refractivity contribution in [2.45, 2.75) is 32.4 Å². The molecular formula is C21H27N7O. The molecule has 8 nitrogen and oxygen atoms in total. The van der Waals surface area contributed by atoms with Crippen molar-refractivity contribution in [1.29, 1.82) is 0 Å². The lowest BCUT2D eigenvalue weighted by Gasteiger charge is -2.29. The van der Waals surface area contributed by atoms with E-state index in [-0.39, 0.29) is 11.7 Å². The summed E-state index contributed by atoms with van der Waals surface area (Å²) < 4.78 is 3.39. The summed E-state index contributed by atoms with van der Waals surface area (Å²) in [6.45, 7) is 3.98. The molecule has 3 aromatic rings. The lowest BCUT2D eigenvalue weighted by Crippen LogP contribution is -2.32. The van der Waals surface area contributed by atoms with Crippen LogP contribution in [0.2, 0.25) is 0 Å². The molecule has 1 saturated heterocycles. The maximum Gasteiger partial charge on any atom is 0.254 e. The van der Waals surface area contributed by atoms with Crippen LogP contribution in [-0.4, -0.2) is 51.7 Å². The van der Waals surface area contributed by atoms with Gasteiger partial charge in [0.2, 0.25) is 0 Å². The van der Waals surface area contributed by atoms with Gasteiger partial charge in [0.25, 0.3) is 5.56 Å². The second-order valence-electron chi connectivity index (χ2n) is 7.72. The second kappa shape index (κ2) is 8.06. The van der Waals surface area contributed by atoms with Gasteiger partial charge in [0, 0.05) is 56.9 Å². The zero-order valence-corrected chi connectivity index (χ0v) is 17.2. The van der Waals surface area contributed by atoms with Gasteiger partial charge in [-0.1, -0.05) is 5.21 Å². The molecule has 4 heterocycles. The summed E-state index contributed by atoms with van der Waals surface area (Å²) in [6.07, 6.45) is 10.6. The normalized spacial score (nSPS) is 15.3. The number of hydrogen-bond acceptors (Lipinski definition) is 6. The van der Waals surface area contributed by atoms with E-state index >= 15 is 0 Å². The lowest BCUT2D eigenvalue weighted by atomic mass is 10.1. The molecule has 1 aliphatic heterocycles. The quantitative estimate of drug-likeness (QED) is 0.664. The Kier molecular flexibility index (Phi) is 5.33. The van der Waals surface area contributed by atoms with E-state index in [1.165, 1.54) is 19.3 Å². The summed E-state index contributed by atoms with van der Waals surface area (Å²) in [5.41, 5.74) is 3.58. The molecule has 0 radical (unpaired) electrons. The average molecular weight is 393 g/mol. The van der Waals surface area contributed by atoms with Crippen molar-refractivity contribution in [2.75, 3.05) is 37.0 Å². The number of rotatable bonds is 5. The predicted octanol–water partition coefficient (Wildman–Crippen LogP) is 2.62. The lowest BCUT2D eigenvalue weighted by molar-refractivity contribution is 0.405. The van der Waals surface area contributed by atoms with Crippen molar-refractivity contribution in [3.05, 3.63) is 53.3 Å². The third-order valence-corrected chi connectivity index (χ3v) is 5.48. The Balaban J connectivity index is 1.57. The number of piperidine rings is 1. The van der Waals surface area contributed by atoms with Gasteiger partial charge in [0.1, 0.15) is 11.9 Å². The van der Waals surface area contributed by atoms with Crippen LogP contribution < -0.4 is 15.4 Å². The number of pyridine rings is 2. The number of hydrogen-bond donors (Lipinski definition) is 0. The van der Waals surface area contributed by atoms with Crippen molar-refractivity contribution in [1.82, 2.24) is 24.5 Å². The Hall–Kier alpha value is -3.16. The van der Waals surface area contributed by atoms with E-state index in [4.69, 9.17) is 0 Å². The van der Waals surface area contributed by atoms with Crippen LogP contribution in [0.5, 0.6) is 0 Å². The van der Waals surface area contributed by atoms with E-state index in [2.05, 4.69) is 20.2 Å². The van der Waals surface area contributed by atoms with Gasteiger partial charge in [-0.2, -0.15) is 0 Å². The minimum Gasteiger partial charge on any atom is -0.376 e. The molecular weight excluding hydrogens is 366 g/mol. The van der Waals surface area contributed by atoms with Crippen molar-refractivity contribution in [2.24, 2.45) is 0 Å². The first-order valence-electron chi connectivity index (χ1n) is 10.0. The molecule has 3 aromatic heterocycles. The van der Waals surface area contributed by atoms with Gasteiger partial charge in [-0.25, -0.2) is 4.68 Å². The molecule has 1 fully saturated rings. The zero-order chi connectivity index (χ0) is 20.4. The van der Waals surface area contributed by atoms with Gasteiger partial charge < -0.3 is 9.80 Å². The van der Waals surface area contributed by atoms with Gasteiger partial charge in [-0.3, -0.25) is 14.3 Å². The standard InChI is InChI=1S/C21H27N7O/c1-16(27-10-7-18(12-21(27)29)26-8-5-4-6-9-26)28-15-20(23-24-28)17-11-19(25(2)3)14-22-13-17/h7,10-16H,4-6,8-9H2,1-3H3. The molecule has 0 saturated carbocycles. The van der Waals surface area contributed by atoms with Crippen LogP contribution in [0.15, 0.2) is 47.8 Å². The highest BCUT2D eigenvalue weighted by Gasteiger charge is 2.16. The molecule has 8 heteroatoms. The molecule has 1 atom stereocenters. The van der Waals surface area contributed by atoms with Crippen LogP contribution in [0.25, 0.3) is 11.3 Å². The number of aromatic nitrogens is 5. The minimum atomic E-state index is -0.274. The van der Waals surface area contributed by atoms with Crippen LogP contribution in [-0.2, 0) is 0 Å². The summed E-state index contributed by atoms with van der Waals surface area (Å²) >= 11 is 0. The molecule has 152 valence electrons. The molecule has 0 amide bonds. The third kappa shape index (κ3) is 4.01. The molecule has 0 aromatic carbocycles. The van der Waals surface area contributed by atoms with E-state index in [1.807, 2.05) is 50.4 Å². The van der Waals surface area contributed by atoms with Gasteiger partial charge in [-0.15, -0.1) is 5.10 Å². The fraction of sp³-hybridized carbons (Fsp3) is 0.429. The summed E-state index contributed by atoms with van der Waals surface area (Å²) in [5, 5.41) is 8.54. The zero-order valence-electron chi connectivity index (χ0n) is 17.2. The van der Waals surface area contributed by atoms with Gasteiger partial charge >= 0.3 is 0 Å². The highest BCUT2D eigenvalue weighted by Crippen LogP contribution is 2.22. The molecule has 4 rings (SSSR count). The Morgan fingerprint density at radius 2 is 1.90 bits per heavy atom. The minimum absolute atomic E-state index is 0.0334. The monoisotopic (exact) mass is 393 g/mol. The highest BCUT2D eigenvalue weighted by atomic mass is 16.1. The molecule has 29 heavy (non-hydrogen) atoms. The smallest absolute Gasteiger partial charge is 0.254 e. The fourth-order valence-corrected chi connectivity index (χ4v) is 3.67. The maximum absolute atomic E-state index is 12.8. The largest absolute Gasteiger partial charge is 0.376 e. The van der Waals surface area contributed by atoms with E-state index in [0.717, 1.165) is 35.7 Å². The Morgan fingerprint density at radius 1 is 1.10 bits per heavy atom. The van der Waals surface area contributed by atoms with Crippen molar-refractivity contribution >= 4 is 11.4 Å². The van der Waals surface area contributed by atoms with Gasteiger partial charge in [0.15, 0.2) is 0 Å². The summed E-state index contributed by atoms with van der Waals surface area (Å²) in [4.78, 5) is 21.3. The Bertz CT molecular complexity index is 1030. The van der Waals surface area contributed by atoms with Crippen molar-refractivity contribution in [3.63, 3.8) is 0 Å². The van der Waals surface area contributed by atoms with Crippen LogP contribution in [0, 0.1) is 0 Å². The van der Waals surface area contributed by atoms with Gasteiger partial charge in [0.05, 0.1) is 18.1 Å². The van der Waals surface area contributed by atoms with Crippen LogP contribution in [0.1, 0.15) is 32.4 Å². The third-order valence-electron chi connectivity index (χ3n) is 5.48. The summed E-state index contributed by atoms with van der Waals surface area (Å²) in [6, 6.07) is 5.77. The van der Waals surface area contributed by atoms with E-state index in [1.54, 1.807) is 27.7 Å². The molecule has 0 spiro atoms. The van der Waals surface area contributed by atoms with Gasteiger partial charge in [-0.05, 0) is 38.3 Å². The van der Waals surface area contributed by atoms with E-state index in [9.17, 15) is 4.79 Å². The summed E-state index contributed by atoms with van der Waals surface area (Å²) in [7, 11) is 3.94. The van der Waals surface area contributed by atoms with Crippen molar-refractivity contribution < 1.29 is 0 Å². The van der Waals surface area contributed by atoms with Crippen LogP contribution in [0.4, 0.5) is 11.4 Å². The molecule has 0 N–H and O–H groups in total. The fourth-order valence-electron chi connectivity index (χ4n) is 3.67.